The van der Waals surface area contributed by atoms with Crippen molar-refractivity contribution in [3.05, 3.63) is 64.5 Å². The van der Waals surface area contributed by atoms with Crippen molar-refractivity contribution in [2.45, 2.75) is 33.4 Å². The molecule has 2 aromatic heterocycles. The molecule has 0 spiro atoms. The Morgan fingerprint density at radius 2 is 1.91 bits per heavy atom. The highest BCUT2D eigenvalue weighted by Crippen LogP contribution is 2.32. The summed E-state index contributed by atoms with van der Waals surface area (Å²) in [6.45, 7) is 2.43. The van der Waals surface area contributed by atoms with Crippen LogP contribution in [0.1, 0.15) is 30.7 Å². The Morgan fingerprint density at radius 1 is 1.17 bits per heavy atom. The number of carbonyl (C=O) groups excluding carboxylic acids is 1. The van der Waals surface area contributed by atoms with Crippen molar-refractivity contribution in [2.75, 3.05) is 19.8 Å². The Kier molecular flexibility index (Phi) is 6.54. The van der Waals surface area contributed by atoms with Crippen molar-refractivity contribution in [1.82, 2.24) is 14.5 Å². The van der Waals surface area contributed by atoms with E-state index in [-0.39, 0.29) is 25.7 Å². The first-order valence-electron chi connectivity index (χ1n) is 10.9. The normalized spacial score (nSPS) is 13.8. The number of aliphatic carboxylic acids is 1. The molecule has 0 bridgehead atoms. The molecule has 1 aliphatic heterocycles. The zero-order chi connectivity index (χ0) is 25.5. The fourth-order valence-electron chi connectivity index (χ4n) is 4.10. The molecule has 1 aromatic carbocycles. The number of amides is 1. The van der Waals surface area contributed by atoms with Crippen LogP contribution < -0.4 is 0 Å². The zero-order valence-electron chi connectivity index (χ0n) is 19.1. The fraction of sp³-hybridized carbons (Fsp3) is 0.375. The van der Waals surface area contributed by atoms with Gasteiger partial charge >= 0.3 is 5.97 Å². The number of hydrogen-bond donors (Lipinski definition) is 1. The van der Waals surface area contributed by atoms with E-state index in [2.05, 4.69) is 4.98 Å². The predicted molar refractivity (Wildman–Crippen MR) is 116 cm³/mol. The molecule has 0 saturated carbocycles. The summed E-state index contributed by atoms with van der Waals surface area (Å²) in [4.78, 5) is 29.8. The van der Waals surface area contributed by atoms with Crippen LogP contribution in [0.2, 0.25) is 0 Å². The van der Waals surface area contributed by atoms with Gasteiger partial charge in [0.1, 0.15) is 18.1 Å². The van der Waals surface area contributed by atoms with Gasteiger partial charge in [0.25, 0.3) is 0 Å². The minimum absolute atomic E-state index is 0.0725. The molecule has 0 unspecified atom stereocenters. The topological polar surface area (TPSA) is 84.7 Å². The van der Waals surface area contributed by atoms with Crippen molar-refractivity contribution in [1.29, 1.82) is 0 Å². The van der Waals surface area contributed by atoms with Crippen LogP contribution in [0.3, 0.4) is 0 Å². The first-order valence-corrected chi connectivity index (χ1v) is 10.9. The average molecular weight is 493 g/mol. The van der Waals surface area contributed by atoms with Crippen LogP contribution in [-0.2, 0) is 33.8 Å². The second-order valence-electron chi connectivity index (χ2n) is 9.08. The molecule has 0 saturated heterocycles. The quantitative estimate of drug-likeness (QED) is 0.309. The second kappa shape index (κ2) is 9.29. The fourth-order valence-corrected chi connectivity index (χ4v) is 4.10. The zero-order valence-corrected chi connectivity index (χ0v) is 19.1. The number of carbonyl (C=O) groups is 2. The maximum atomic E-state index is 14.4. The van der Waals surface area contributed by atoms with E-state index >= 15 is 0 Å². The number of ether oxygens (including phenoxy) is 1. The van der Waals surface area contributed by atoms with E-state index in [4.69, 9.17) is 4.74 Å². The molecule has 0 atom stereocenters. The summed E-state index contributed by atoms with van der Waals surface area (Å²) in [6, 6.07) is 3.80. The standard InChI is InChI=1S/C24H23F4N3O4/c1-24(2,23(33)34)12-35-11-19(32)30-7-5-13-14-4-3-6-29-22(14)31(18(13)10-30)9-15-16(25)8-17(26)21(28)20(15)27/h3-4,6,8H,5,7,9-12H2,1-2H3,(H,33,34). The lowest BCUT2D eigenvalue weighted by atomic mass is 9.95. The first kappa shape index (κ1) is 24.6. The van der Waals surface area contributed by atoms with Gasteiger partial charge in [-0.25, -0.2) is 22.5 Å². The van der Waals surface area contributed by atoms with Crippen molar-refractivity contribution in [3.63, 3.8) is 0 Å². The summed E-state index contributed by atoms with van der Waals surface area (Å²) in [5, 5.41) is 9.91. The number of pyridine rings is 1. The SMILES string of the molecule is CC(C)(COCC(=O)N1CCc2c(n(Cc3c(F)cc(F)c(F)c3F)c3ncccc23)C1)C(=O)O. The number of benzene rings is 1. The van der Waals surface area contributed by atoms with Crippen molar-refractivity contribution < 1.29 is 37.0 Å². The number of hydrogen-bond acceptors (Lipinski definition) is 4. The molecule has 1 aliphatic rings. The Labute approximate surface area is 197 Å². The lowest BCUT2D eigenvalue weighted by Gasteiger charge is -2.29. The third-order valence-corrected chi connectivity index (χ3v) is 6.16. The van der Waals surface area contributed by atoms with Gasteiger partial charge in [-0.2, -0.15) is 0 Å². The van der Waals surface area contributed by atoms with E-state index in [1.54, 1.807) is 12.1 Å². The molecule has 4 rings (SSSR count). The summed E-state index contributed by atoms with van der Waals surface area (Å²) in [7, 11) is 0. The van der Waals surface area contributed by atoms with Crippen LogP contribution in [0.15, 0.2) is 24.4 Å². The molecule has 3 aromatic rings. The minimum atomic E-state index is -1.77. The van der Waals surface area contributed by atoms with Crippen LogP contribution in [0.5, 0.6) is 0 Å². The molecule has 0 fully saturated rings. The maximum absolute atomic E-state index is 14.4. The molecule has 186 valence electrons. The van der Waals surface area contributed by atoms with E-state index in [0.717, 1.165) is 10.9 Å². The largest absolute Gasteiger partial charge is 0.481 e. The van der Waals surface area contributed by atoms with Gasteiger partial charge in [0.15, 0.2) is 17.5 Å². The van der Waals surface area contributed by atoms with Crippen LogP contribution in [0.25, 0.3) is 11.0 Å². The molecule has 0 aliphatic carbocycles. The van der Waals surface area contributed by atoms with Gasteiger partial charge in [-0.3, -0.25) is 9.59 Å². The van der Waals surface area contributed by atoms with Gasteiger partial charge in [0.2, 0.25) is 5.91 Å². The predicted octanol–water partition coefficient (Wildman–Crippen LogP) is 3.65. The molecule has 1 N–H and O–H groups in total. The van der Waals surface area contributed by atoms with Crippen LogP contribution >= 0.6 is 0 Å². The number of halogens is 4. The Hall–Kier alpha value is -3.47. The molecular formula is C24H23F4N3O4. The highest BCUT2D eigenvalue weighted by atomic mass is 19.2. The summed E-state index contributed by atoms with van der Waals surface area (Å²) in [6.07, 6.45) is 1.93. The number of carboxylic acids is 1. The van der Waals surface area contributed by atoms with Crippen molar-refractivity contribution >= 4 is 22.9 Å². The number of fused-ring (bicyclic) bond motifs is 3. The molecule has 3 heterocycles. The van der Waals surface area contributed by atoms with Crippen LogP contribution in [0.4, 0.5) is 17.6 Å². The minimum Gasteiger partial charge on any atom is -0.481 e. The van der Waals surface area contributed by atoms with E-state index < -0.39 is 46.8 Å². The number of rotatable bonds is 7. The molecule has 1 amide bonds. The summed E-state index contributed by atoms with van der Waals surface area (Å²) >= 11 is 0. The lowest BCUT2D eigenvalue weighted by Crippen LogP contribution is -2.40. The summed E-state index contributed by atoms with van der Waals surface area (Å²) in [5.41, 5.74) is -0.0145. The summed E-state index contributed by atoms with van der Waals surface area (Å²) in [5.74, 6) is -7.67. The van der Waals surface area contributed by atoms with Gasteiger partial charge < -0.3 is 19.3 Å². The molecule has 11 heteroatoms. The van der Waals surface area contributed by atoms with Gasteiger partial charge in [0.05, 0.1) is 25.1 Å². The average Bonchev–Trinajstić information content (AvgIpc) is 3.13. The first-order chi connectivity index (χ1) is 16.5. The van der Waals surface area contributed by atoms with Crippen molar-refractivity contribution in [3.8, 4) is 0 Å². The third kappa shape index (κ3) is 4.60. The Balaban J connectivity index is 1.62. The molecular weight excluding hydrogens is 470 g/mol. The van der Waals surface area contributed by atoms with Gasteiger partial charge in [-0.15, -0.1) is 0 Å². The van der Waals surface area contributed by atoms with Gasteiger partial charge in [-0.1, -0.05) is 0 Å². The highest BCUT2D eigenvalue weighted by Gasteiger charge is 2.31. The van der Waals surface area contributed by atoms with Crippen LogP contribution in [-0.4, -0.2) is 51.2 Å². The number of aromatic nitrogens is 2. The highest BCUT2D eigenvalue weighted by molar-refractivity contribution is 5.84. The second-order valence-corrected chi connectivity index (χ2v) is 9.08. The lowest BCUT2D eigenvalue weighted by molar-refractivity contribution is -0.153. The van der Waals surface area contributed by atoms with E-state index in [1.165, 1.54) is 29.5 Å². The Morgan fingerprint density at radius 3 is 2.63 bits per heavy atom. The van der Waals surface area contributed by atoms with E-state index in [0.29, 0.717) is 30.4 Å². The summed E-state index contributed by atoms with van der Waals surface area (Å²) < 4.78 is 62.9. The van der Waals surface area contributed by atoms with Gasteiger partial charge in [-0.05, 0) is 38.0 Å². The van der Waals surface area contributed by atoms with E-state index in [1.807, 2.05) is 0 Å². The monoisotopic (exact) mass is 493 g/mol. The maximum Gasteiger partial charge on any atom is 0.311 e. The molecule has 35 heavy (non-hydrogen) atoms. The number of nitrogens with zero attached hydrogens (tertiary/aromatic N) is 3. The number of carboxylic acid groups (broad SMARTS) is 1. The van der Waals surface area contributed by atoms with Crippen molar-refractivity contribution in [2.24, 2.45) is 5.41 Å². The third-order valence-electron chi connectivity index (χ3n) is 6.16. The molecule has 7 nitrogen and oxygen atoms in total. The van der Waals surface area contributed by atoms with E-state index in [9.17, 15) is 32.3 Å². The van der Waals surface area contributed by atoms with Crippen LogP contribution in [0, 0.1) is 28.7 Å². The molecule has 0 radical (unpaired) electrons. The Bertz CT molecular complexity index is 1320. The smallest absolute Gasteiger partial charge is 0.311 e. The van der Waals surface area contributed by atoms with Gasteiger partial charge in [0, 0.05) is 35.5 Å².